The smallest absolute Gasteiger partial charge is 0.335 e. The fraction of sp³-hybridized carbons (Fsp3) is 0.417. The molecule has 100 valence electrons. The number of anilines is 1. The first-order valence-corrected chi connectivity index (χ1v) is 5.58. The topological polar surface area (TPSA) is 41.1 Å². The van der Waals surface area contributed by atoms with Crippen molar-refractivity contribution >= 4 is 11.7 Å². The first kappa shape index (κ1) is 14.3. The van der Waals surface area contributed by atoms with Crippen molar-refractivity contribution in [3.05, 3.63) is 29.8 Å². The van der Waals surface area contributed by atoms with Gasteiger partial charge in [0.2, 0.25) is 0 Å². The lowest BCUT2D eigenvalue weighted by molar-refractivity contribution is -0.136. The van der Waals surface area contributed by atoms with E-state index in [1.165, 1.54) is 18.2 Å². The number of carbonyl (C=O) groups excluding carboxylic acids is 1. The molecule has 0 aromatic heterocycles. The predicted molar refractivity (Wildman–Crippen MR) is 63.4 cm³/mol. The van der Waals surface area contributed by atoms with Gasteiger partial charge in [-0.3, -0.25) is 0 Å². The molecule has 2 N–H and O–H groups in total. The second-order valence-electron chi connectivity index (χ2n) is 3.95. The number of hydrogen-bond acceptors (Lipinski definition) is 1. The number of para-hydroxylation sites is 1. The molecule has 1 rings (SSSR count). The zero-order valence-corrected chi connectivity index (χ0v) is 10.1. The molecule has 6 heteroatoms. The molecule has 0 heterocycles. The molecule has 1 atom stereocenters. The van der Waals surface area contributed by atoms with E-state index in [0.29, 0.717) is 6.42 Å². The Kier molecular flexibility index (Phi) is 4.58. The van der Waals surface area contributed by atoms with Crippen molar-refractivity contribution in [3.63, 3.8) is 0 Å². The van der Waals surface area contributed by atoms with Gasteiger partial charge in [0.1, 0.15) is 0 Å². The molecule has 1 aromatic rings. The van der Waals surface area contributed by atoms with E-state index >= 15 is 0 Å². The summed E-state index contributed by atoms with van der Waals surface area (Å²) in [5, 5.41) is 4.75. The van der Waals surface area contributed by atoms with E-state index < -0.39 is 17.8 Å². The third-order valence-electron chi connectivity index (χ3n) is 2.47. The fourth-order valence-electron chi connectivity index (χ4n) is 1.32. The quantitative estimate of drug-likeness (QED) is 0.856. The van der Waals surface area contributed by atoms with E-state index in [1.807, 2.05) is 6.92 Å². The van der Waals surface area contributed by atoms with E-state index in [0.717, 1.165) is 6.07 Å². The van der Waals surface area contributed by atoms with Crippen molar-refractivity contribution in [3.8, 4) is 0 Å². The van der Waals surface area contributed by atoms with Crippen molar-refractivity contribution in [2.45, 2.75) is 32.5 Å². The van der Waals surface area contributed by atoms with E-state index in [4.69, 9.17) is 0 Å². The number of urea groups is 1. The van der Waals surface area contributed by atoms with Gasteiger partial charge >= 0.3 is 12.2 Å². The van der Waals surface area contributed by atoms with Crippen LogP contribution in [0.3, 0.4) is 0 Å². The third-order valence-corrected chi connectivity index (χ3v) is 2.47. The van der Waals surface area contributed by atoms with Crippen LogP contribution in [-0.2, 0) is 6.18 Å². The number of carbonyl (C=O) groups is 1. The molecule has 0 aliphatic carbocycles. The highest BCUT2D eigenvalue weighted by Gasteiger charge is 2.33. The van der Waals surface area contributed by atoms with Gasteiger partial charge in [0.25, 0.3) is 0 Å². The maximum absolute atomic E-state index is 12.7. The lowest BCUT2D eigenvalue weighted by atomic mass is 10.1. The number of benzene rings is 1. The summed E-state index contributed by atoms with van der Waals surface area (Å²) in [4.78, 5) is 11.5. The van der Waals surface area contributed by atoms with Crippen LogP contribution in [0, 0.1) is 0 Å². The molecule has 0 aliphatic heterocycles. The SMILES string of the molecule is CCC(C)NC(=O)Nc1ccccc1C(F)(F)F. The largest absolute Gasteiger partial charge is 0.418 e. The molecule has 0 saturated carbocycles. The molecule has 0 radical (unpaired) electrons. The molecule has 1 unspecified atom stereocenters. The van der Waals surface area contributed by atoms with Crippen LogP contribution in [0.25, 0.3) is 0 Å². The Morgan fingerprint density at radius 2 is 1.94 bits per heavy atom. The maximum Gasteiger partial charge on any atom is 0.418 e. The second kappa shape index (κ2) is 5.75. The van der Waals surface area contributed by atoms with E-state index in [-0.39, 0.29) is 11.7 Å². The van der Waals surface area contributed by atoms with Gasteiger partial charge in [-0.15, -0.1) is 0 Å². The Bertz CT molecular complexity index is 418. The van der Waals surface area contributed by atoms with Crippen molar-refractivity contribution in [2.75, 3.05) is 5.32 Å². The Balaban J connectivity index is 2.82. The standard InChI is InChI=1S/C12H15F3N2O/c1-3-8(2)16-11(18)17-10-7-5-4-6-9(10)12(13,14)15/h4-8H,3H2,1-2H3,(H2,16,17,18). The number of amides is 2. The summed E-state index contributed by atoms with van der Waals surface area (Å²) >= 11 is 0. The summed E-state index contributed by atoms with van der Waals surface area (Å²) in [6.07, 6.45) is -3.78. The van der Waals surface area contributed by atoms with Crippen LogP contribution >= 0.6 is 0 Å². The number of alkyl halides is 3. The Morgan fingerprint density at radius 3 is 2.50 bits per heavy atom. The van der Waals surface area contributed by atoms with E-state index in [9.17, 15) is 18.0 Å². The average Bonchev–Trinajstić information content (AvgIpc) is 2.27. The van der Waals surface area contributed by atoms with Gasteiger partial charge < -0.3 is 10.6 Å². The molecule has 2 amide bonds. The van der Waals surface area contributed by atoms with Crippen LogP contribution in [0.2, 0.25) is 0 Å². The van der Waals surface area contributed by atoms with Gasteiger partial charge in [0.05, 0.1) is 11.3 Å². The molecular formula is C12H15F3N2O. The summed E-state index contributed by atoms with van der Waals surface area (Å²) in [5.41, 5.74) is -1.10. The van der Waals surface area contributed by atoms with Gasteiger partial charge in [0.15, 0.2) is 0 Å². The van der Waals surface area contributed by atoms with Crippen LogP contribution in [0.1, 0.15) is 25.8 Å². The molecule has 18 heavy (non-hydrogen) atoms. The first-order valence-electron chi connectivity index (χ1n) is 5.58. The van der Waals surface area contributed by atoms with E-state index in [2.05, 4.69) is 10.6 Å². The van der Waals surface area contributed by atoms with Gasteiger partial charge in [-0.05, 0) is 25.5 Å². The second-order valence-corrected chi connectivity index (χ2v) is 3.95. The fourth-order valence-corrected chi connectivity index (χ4v) is 1.32. The Labute approximate surface area is 103 Å². The van der Waals surface area contributed by atoms with Gasteiger partial charge in [-0.1, -0.05) is 19.1 Å². The lowest BCUT2D eigenvalue weighted by Crippen LogP contribution is -2.36. The normalized spacial score (nSPS) is 12.9. The Hall–Kier alpha value is -1.72. The number of rotatable bonds is 3. The number of halogens is 3. The number of nitrogens with one attached hydrogen (secondary N) is 2. The molecule has 0 bridgehead atoms. The van der Waals surface area contributed by atoms with Crippen molar-refractivity contribution in [1.82, 2.24) is 5.32 Å². The molecule has 0 fully saturated rings. The zero-order valence-electron chi connectivity index (χ0n) is 10.1. The number of hydrogen-bond donors (Lipinski definition) is 2. The van der Waals surface area contributed by atoms with Crippen LogP contribution in [0.5, 0.6) is 0 Å². The van der Waals surface area contributed by atoms with Crippen molar-refractivity contribution < 1.29 is 18.0 Å². The summed E-state index contributed by atoms with van der Waals surface area (Å²) in [7, 11) is 0. The molecule has 0 spiro atoms. The van der Waals surface area contributed by atoms with Gasteiger partial charge in [-0.25, -0.2) is 4.79 Å². The van der Waals surface area contributed by atoms with Crippen molar-refractivity contribution in [2.24, 2.45) is 0 Å². The highest BCUT2D eigenvalue weighted by Crippen LogP contribution is 2.34. The van der Waals surface area contributed by atoms with Crippen LogP contribution in [-0.4, -0.2) is 12.1 Å². The molecule has 0 aliphatic rings. The minimum absolute atomic E-state index is 0.0944. The Morgan fingerprint density at radius 1 is 1.33 bits per heavy atom. The molecule has 3 nitrogen and oxygen atoms in total. The molecule has 0 saturated heterocycles. The van der Waals surface area contributed by atoms with Crippen LogP contribution in [0.4, 0.5) is 23.7 Å². The summed E-state index contributed by atoms with van der Waals surface area (Å²) in [6, 6.07) is 4.14. The van der Waals surface area contributed by atoms with Crippen LogP contribution < -0.4 is 10.6 Å². The summed E-state index contributed by atoms with van der Waals surface area (Å²) < 4.78 is 38.0. The summed E-state index contributed by atoms with van der Waals surface area (Å²) in [6.45, 7) is 3.64. The van der Waals surface area contributed by atoms with Crippen molar-refractivity contribution in [1.29, 1.82) is 0 Å². The third kappa shape index (κ3) is 3.94. The minimum atomic E-state index is -4.49. The maximum atomic E-state index is 12.7. The predicted octanol–water partition coefficient (Wildman–Crippen LogP) is 3.63. The van der Waals surface area contributed by atoms with Gasteiger partial charge in [0, 0.05) is 6.04 Å². The molecular weight excluding hydrogens is 245 g/mol. The van der Waals surface area contributed by atoms with Gasteiger partial charge in [-0.2, -0.15) is 13.2 Å². The first-order chi connectivity index (χ1) is 8.34. The van der Waals surface area contributed by atoms with Crippen LogP contribution in [0.15, 0.2) is 24.3 Å². The minimum Gasteiger partial charge on any atom is -0.335 e. The highest BCUT2D eigenvalue weighted by atomic mass is 19.4. The highest BCUT2D eigenvalue weighted by molar-refractivity contribution is 5.90. The van der Waals surface area contributed by atoms with E-state index in [1.54, 1.807) is 6.92 Å². The monoisotopic (exact) mass is 260 g/mol. The molecule has 1 aromatic carbocycles. The average molecular weight is 260 g/mol. The summed E-state index contributed by atoms with van der Waals surface area (Å²) in [5.74, 6) is 0. The zero-order chi connectivity index (χ0) is 13.8. The lowest BCUT2D eigenvalue weighted by Gasteiger charge is -2.16.